The molecule has 1 heterocycles. The molecule has 222 valence electrons. The summed E-state index contributed by atoms with van der Waals surface area (Å²) in [6.07, 6.45) is 9.23. The lowest BCUT2D eigenvalue weighted by atomic mass is 9.84. The van der Waals surface area contributed by atoms with E-state index in [1.165, 1.54) is 6.08 Å². The zero-order chi connectivity index (χ0) is 29.7. The third kappa shape index (κ3) is 9.39. The number of rotatable bonds is 13. The monoisotopic (exact) mass is 572 g/mol. The lowest BCUT2D eigenvalue weighted by molar-refractivity contribution is -0.141. The Labute approximate surface area is 246 Å². The predicted octanol–water partition coefficient (Wildman–Crippen LogP) is 3.05. The molecular formula is C33H40N4O5. The highest BCUT2D eigenvalue weighted by atomic mass is 16.2. The van der Waals surface area contributed by atoms with Crippen LogP contribution < -0.4 is 21.3 Å². The summed E-state index contributed by atoms with van der Waals surface area (Å²) in [5, 5.41) is 10.9. The molecule has 2 aromatic carbocycles. The van der Waals surface area contributed by atoms with E-state index in [4.69, 9.17) is 0 Å². The van der Waals surface area contributed by atoms with Crippen LogP contribution in [0.5, 0.6) is 0 Å². The number of ketones is 1. The zero-order valence-electron chi connectivity index (χ0n) is 23.8. The minimum atomic E-state index is -1.20. The predicted molar refractivity (Wildman–Crippen MR) is 160 cm³/mol. The molecular weight excluding hydrogens is 532 g/mol. The van der Waals surface area contributed by atoms with E-state index >= 15 is 0 Å². The summed E-state index contributed by atoms with van der Waals surface area (Å²) in [6, 6.07) is 16.5. The van der Waals surface area contributed by atoms with Gasteiger partial charge in [-0.25, -0.2) is 0 Å². The molecule has 0 aromatic heterocycles. The topological polar surface area (TPSA) is 133 Å². The number of carbonyl (C=O) groups excluding carboxylic acids is 5. The van der Waals surface area contributed by atoms with Crippen LogP contribution in [-0.4, -0.2) is 48.0 Å². The third-order valence-corrected chi connectivity index (χ3v) is 7.99. The number of benzene rings is 2. The van der Waals surface area contributed by atoms with Crippen molar-refractivity contribution in [1.82, 2.24) is 21.3 Å². The van der Waals surface area contributed by atoms with Gasteiger partial charge in [0.2, 0.25) is 23.5 Å². The third-order valence-electron chi connectivity index (χ3n) is 7.99. The van der Waals surface area contributed by atoms with Gasteiger partial charge in [0.1, 0.15) is 6.04 Å². The number of Topliss-reactive ketones (excluding diaryl/α,β-unsaturated/α-hetero) is 1. The second kappa shape index (κ2) is 15.7. The van der Waals surface area contributed by atoms with Crippen LogP contribution in [0.25, 0.3) is 6.08 Å². The maximum atomic E-state index is 13.7. The van der Waals surface area contributed by atoms with Crippen molar-refractivity contribution in [2.45, 2.75) is 70.0 Å². The van der Waals surface area contributed by atoms with Crippen LogP contribution >= 0.6 is 0 Å². The van der Waals surface area contributed by atoms with E-state index in [-0.39, 0.29) is 24.8 Å². The van der Waals surface area contributed by atoms with Gasteiger partial charge >= 0.3 is 0 Å². The van der Waals surface area contributed by atoms with Crippen LogP contribution in [0.1, 0.15) is 62.5 Å². The van der Waals surface area contributed by atoms with Crippen molar-refractivity contribution < 1.29 is 24.0 Å². The van der Waals surface area contributed by atoms with Crippen molar-refractivity contribution in [3.8, 4) is 0 Å². The standard InChI is InChI=1S/C33H40N4O5/c38-29(17-16-23-10-4-1-5-11-23)36-28(20-24-12-6-2-7-13-24)32(41)37-27(21-26-18-19-34-31(26)40)30(39)33(42)35-22-25-14-8-3-9-15-25/h1,3-5,8-11,14-17,24,26-28H,2,6-7,12-13,18-22H2,(H,34,40)(H,35,42)(H,36,38)(H,37,41)/b17-16+/t26?,27-,28-/m0/s1. The van der Waals surface area contributed by atoms with E-state index in [1.807, 2.05) is 60.7 Å². The minimum absolute atomic E-state index is 0.00711. The molecule has 1 aliphatic heterocycles. The van der Waals surface area contributed by atoms with Gasteiger partial charge in [-0.2, -0.15) is 0 Å². The fourth-order valence-electron chi connectivity index (χ4n) is 5.63. The summed E-state index contributed by atoms with van der Waals surface area (Å²) in [4.78, 5) is 65.1. The Bertz CT molecular complexity index is 1260. The highest BCUT2D eigenvalue weighted by Crippen LogP contribution is 2.27. The number of amides is 4. The van der Waals surface area contributed by atoms with Gasteiger partial charge in [0.05, 0.1) is 6.04 Å². The number of nitrogens with one attached hydrogen (secondary N) is 4. The highest BCUT2D eigenvalue weighted by Gasteiger charge is 2.36. The van der Waals surface area contributed by atoms with Gasteiger partial charge < -0.3 is 21.3 Å². The number of hydrogen-bond acceptors (Lipinski definition) is 5. The lowest BCUT2D eigenvalue weighted by Gasteiger charge is -2.28. The molecule has 1 saturated heterocycles. The molecule has 42 heavy (non-hydrogen) atoms. The second-order valence-corrected chi connectivity index (χ2v) is 11.2. The van der Waals surface area contributed by atoms with E-state index in [0.29, 0.717) is 19.4 Å². The van der Waals surface area contributed by atoms with Crippen molar-refractivity contribution in [1.29, 1.82) is 0 Å². The molecule has 1 saturated carbocycles. The molecule has 2 aliphatic rings. The Morgan fingerprint density at radius 3 is 2.19 bits per heavy atom. The highest BCUT2D eigenvalue weighted by molar-refractivity contribution is 6.38. The summed E-state index contributed by atoms with van der Waals surface area (Å²) >= 11 is 0. The molecule has 9 nitrogen and oxygen atoms in total. The average Bonchev–Trinajstić information content (AvgIpc) is 3.43. The molecule has 0 radical (unpaired) electrons. The lowest BCUT2D eigenvalue weighted by Crippen LogP contribution is -2.54. The number of hydrogen-bond donors (Lipinski definition) is 4. The molecule has 0 spiro atoms. The van der Waals surface area contributed by atoms with Crippen molar-refractivity contribution in [3.05, 3.63) is 77.9 Å². The Kier molecular flexibility index (Phi) is 11.4. The minimum Gasteiger partial charge on any atom is -0.356 e. The van der Waals surface area contributed by atoms with Crippen LogP contribution in [-0.2, 0) is 30.5 Å². The molecule has 2 fully saturated rings. The molecule has 1 aliphatic carbocycles. The first-order chi connectivity index (χ1) is 20.4. The van der Waals surface area contributed by atoms with Gasteiger partial charge in [0.15, 0.2) is 0 Å². The van der Waals surface area contributed by atoms with Gasteiger partial charge in [0, 0.05) is 25.1 Å². The quantitative estimate of drug-likeness (QED) is 0.216. The van der Waals surface area contributed by atoms with E-state index in [9.17, 15) is 24.0 Å². The molecule has 3 atom stereocenters. The van der Waals surface area contributed by atoms with Crippen molar-refractivity contribution >= 4 is 35.5 Å². The molecule has 2 aromatic rings. The van der Waals surface area contributed by atoms with Gasteiger partial charge in [-0.3, -0.25) is 24.0 Å². The Morgan fingerprint density at radius 1 is 0.833 bits per heavy atom. The maximum absolute atomic E-state index is 13.7. The van der Waals surface area contributed by atoms with Crippen LogP contribution in [0, 0.1) is 11.8 Å². The van der Waals surface area contributed by atoms with Crippen molar-refractivity contribution in [2.75, 3.05) is 6.54 Å². The SMILES string of the molecule is O=C(/C=C/c1ccccc1)N[C@@H](CC1CCCCC1)C(=O)N[C@@H](CC1CCNC1=O)C(=O)C(=O)NCc1ccccc1. The normalized spacial score (nSPS) is 18.6. The van der Waals surface area contributed by atoms with E-state index in [2.05, 4.69) is 21.3 Å². The average molecular weight is 573 g/mol. The van der Waals surface area contributed by atoms with Crippen molar-refractivity contribution in [2.24, 2.45) is 11.8 Å². The fraction of sp³-hybridized carbons (Fsp3) is 0.424. The summed E-state index contributed by atoms with van der Waals surface area (Å²) in [5.41, 5.74) is 1.68. The second-order valence-electron chi connectivity index (χ2n) is 11.2. The molecule has 0 bridgehead atoms. The Morgan fingerprint density at radius 2 is 1.52 bits per heavy atom. The van der Waals surface area contributed by atoms with Gasteiger partial charge in [0.25, 0.3) is 5.91 Å². The molecule has 4 N–H and O–H groups in total. The fourth-order valence-corrected chi connectivity index (χ4v) is 5.63. The van der Waals surface area contributed by atoms with Crippen LogP contribution in [0.2, 0.25) is 0 Å². The molecule has 4 rings (SSSR count). The molecule has 9 heteroatoms. The van der Waals surface area contributed by atoms with E-state index in [1.54, 1.807) is 6.08 Å². The van der Waals surface area contributed by atoms with Gasteiger partial charge in [-0.1, -0.05) is 92.8 Å². The smallest absolute Gasteiger partial charge is 0.289 e. The van der Waals surface area contributed by atoms with Crippen LogP contribution in [0.15, 0.2) is 66.7 Å². The van der Waals surface area contributed by atoms with Crippen LogP contribution in [0.3, 0.4) is 0 Å². The summed E-state index contributed by atoms with van der Waals surface area (Å²) in [6.45, 7) is 0.636. The Balaban J connectivity index is 1.47. The van der Waals surface area contributed by atoms with Gasteiger partial charge in [-0.05, 0) is 42.4 Å². The summed E-state index contributed by atoms with van der Waals surface area (Å²) in [7, 11) is 0. The van der Waals surface area contributed by atoms with E-state index in [0.717, 1.165) is 43.2 Å². The first-order valence-corrected chi connectivity index (χ1v) is 14.9. The van der Waals surface area contributed by atoms with Gasteiger partial charge in [-0.15, -0.1) is 0 Å². The summed E-state index contributed by atoms with van der Waals surface area (Å²) < 4.78 is 0. The van der Waals surface area contributed by atoms with Crippen LogP contribution in [0.4, 0.5) is 0 Å². The first-order valence-electron chi connectivity index (χ1n) is 14.9. The zero-order valence-corrected chi connectivity index (χ0v) is 23.8. The first kappa shape index (κ1) is 30.7. The Hall–Kier alpha value is -4.27. The van der Waals surface area contributed by atoms with E-state index < -0.39 is 41.5 Å². The molecule has 1 unspecified atom stereocenters. The summed E-state index contributed by atoms with van der Waals surface area (Å²) in [5.74, 6) is -3.04. The van der Waals surface area contributed by atoms with Crippen molar-refractivity contribution in [3.63, 3.8) is 0 Å². The largest absolute Gasteiger partial charge is 0.356 e. The maximum Gasteiger partial charge on any atom is 0.289 e. The molecule has 4 amide bonds. The number of carbonyl (C=O) groups is 5.